The minimum Gasteiger partial charge on any atom is -0.481 e. The molecular weight excluding hydrogens is 356 g/mol. The second-order valence-electron chi connectivity index (χ2n) is 7.22. The average Bonchev–Trinajstić information content (AvgIpc) is 2.71. The van der Waals surface area contributed by atoms with Crippen LogP contribution in [0.2, 0.25) is 0 Å². The predicted octanol–water partition coefficient (Wildman–Crippen LogP) is 3.16. The summed E-state index contributed by atoms with van der Waals surface area (Å²) in [6, 6.07) is 4.22. The van der Waals surface area contributed by atoms with Crippen molar-refractivity contribution in [3.63, 3.8) is 0 Å². The molecular formula is C21H26N4O3. The lowest BCUT2D eigenvalue weighted by Crippen LogP contribution is -2.14. The number of unbranched alkanes of at least 4 members (excludes halogenated alkanes) is 1. The van der Waals surface area contributed by atoms with Gasteiger partial charge in [0.15, 0.2) is 0 Å². The lowest BCUT2D eigenvalue weighted by atomic mass is 9.93. The van der Waals surface area contributed by atoms with Gasteiger partial charge in [0.2, 0.25) is 0 Å². The van der Waals surface area contributed by atoms with Gasteiger partial charge in [-0.3, -0.25) is 19.6 Å². The lowest BCUT2D eigenvalue weighted by Gasteiger charge is -2.17. The van der Waals surface area contributed by atoms with Crippen LogP contribution in [0.5, 0.6) is 0 Å². The fourth-order valence-corrected chi connectivity index (χ4v) is 3.53. The topological polar surface area (TPSA) is 105 Å². The monoisotopic (exact) mass is 382 g/mol. The van der Waals surface area contributed by atoms with E-state index in [0.29, 0.717) is 12.1 Å². The first kappa shape index (κ1) is 19.9. The summed E-state index contributed by atoms with van der Waals surface area (Å²) in [6.45, 7) is 0.973. The van der Waals surface area contributed by atoms with Crippen molar-refractivity contribution < 1.29 is 14.7 Å². The number of ketones is 1. The normalized spacial score (nSPS) is 14.0. The summed E-state index contributed by atoms with van der Waals surface area (Å²) in [5.74, 6) is -0.292. The van der Waals surface area contributed by atoms with Gasteiger partial charge in [-0.05, 0) is 43.7 Å². The Morgan fingerprint density at radius 2 is 2.07 bits per heavy atom. The van der Waals surface area contributed by atoms with Gasteiger partial charge in [-0.15, -0.1) is 0 Å². The molecule has 0 fully saturated rings. The number of aryl methyl sites for hydroxylation is 2. The van der Waals surface area contributed by atoms with Gasteiger partial charge in [0, 0.05) is 49.6 Å². The van der Waals surface area contributed by atoms with E-state index in [-0.39, 0.29) is 18.6 Å². The van der Waals surface area contributed by atoms with E-state index >= 15 is 0 Å². The van der Waals surface area contributed by atoms with Crippen molar-refractivity contribution in [1.29, 1.82) is 0 Å². The van der Waals surface area contributed by atoms with Crippen molar-refractivity contribution in [2.75, 3.05) is 11.9 Å². The highest BCUT2D eigenvalue weighted by Crippen LogP contribution is 2.23. The molecule has 7 heteroatoms. The number of aliphatic carboxylic acids is 1. The number of aromatic nitrogens is 3. The van der Waals surface area contributed by atoms with Gasteiger partial charge in [-0.2, -0.15) is 0 Å². The van der Waals surface area contributed by atoms with E-state index in [1.54, 1.807) is 0 Å². The third kappa shape index (κ3) is 5.84. The number of nitrogens with zero attached hydrogens (tertiary/aromatic N) is 3. The molecule has 0 radical (unpaired) electrons. The molecule has 2 aromatic heterocycles. The van der Waals surface area contributed by atoms with Crippen LogP contribution in [-0.4, -0.2) is 38.4 Å². The molecule has 0 saturated heterocycles. The Morgan fingerprint density at radius 1 is 1.18 bits per heavy atom. The van der Waals surface area contributed by atoms with Crippen LogP contribution in [0.4, 0.5) is 5.82 Å². The van der Waals surface area contributed by atoms with Crippen LogP contribution >= 0.6 is 0 Å². The zero-order valence-corrected chi connectivity index (χ0v) is 15.9. The molecule has 1 atom stereocenters. The molecule has 148 valence electrons. The van der Waals surface area contributed by atoms with E-state index in [9.17, 15) is 9.59 Å². The quantitative estimate of drug-likeness (QED) is 0.608. The van der Waals surface area contributed by atoms with Gasteiger partial charge < -0.3 is 10.4 Å². The Balaban J connectivity index is 1.45. The molecule has 0 unspecified atom stereocenters. The third-order valence-electron chi connectivity index (χ3n) is 4.99. The Labute approximate surface area is 164 Å². The van der Waals surface area contributed by atoms with E-state index in [0.717, 1.165) is 50.2 Å². The van der Waals surface area contributed by atoms with E-state index in [4.69, 9.17) is 5.11 Å². The van der Waals surface area contributed by atoms with Crippen LogP contribution in [0.1, 0.15) is 61.4 Å². The zero-order chi connectivity index (χ0) is 19.8. The predicted molar refractivity (Wildman–Crippen MR) is 105 cm³/mol. The first-order valence-electron chi connectivity index (χ1n) is 9.84. The fourth-order valence-electron chi connectivity index (χ4n) is 3.53. The molecule has 0 aromatic carbocycles. The molecule has 3 rings (SSSR count). The molecule has 0 bridgehead atoms. The number of carbonyl (C=O) groups excluding carboxylic acids is 1. The van der Waals surface area contributed by atoms with Crippen LogP contribution in [-0.2, 0) is 22.4 Å². The van der Waals surface area contributed by atoms with Gasteiger partial charge in [0.05, 0.1) is 12.1 Å². The number of hydrogen-bond donors (Lipinski definition) is 2. The van der Waals surface area contributed by atoms with Crippen LogP contribution in [0.3, 0.4) is 0 Å². The molecule has 1 aliphatic rings. The number of anilines is 1. The SMILES string of the molecule is O=C(O)C[C@@H](CC(=O)CCCCc1ccc2c(n1)NCCC2)c1cnccn1. The largest absolute Gasteiger partial charge is 0.481 e. The highest BCUT2D eigenvalue weighted by atomic mass is 16.4. The Morgan fingerprint density at radius 3 is 2.86 bits per heavy atom. The Hall–Kier alpha value is -2.83. The summed E-state index contributed by atoms with van der Waals surface area (Å²) >= 11 is 0. The molecule has 0 aliphatic carbocycles. The molecule has 3 heterocycles. The summed E-state index contributed by atoms with van der Waals surface area (Å²) in [4.78, 5) is 36.3. The average molecular weight is 382 g/mol. The number of Topliss-reactive ketones (excluding diaryl/α,β-unsaturated/α-hetero) is 1. The van der Waals surface area contributed by atoms with Crippen molar-refractivity contribution in [2.45, 2.75) is 57.3 Å². The van der Waals surface area contributed by atoms with Crippen molar-refractivity contribution in [2.24, 2.45) is 0 Å². The summed E-state index contributed by atoms with van der Waals surface area (Å²) in [6.07, 6.45) is 9.82. The summed E-state index contributed by atoms with van der Waals surface area (Å²) < 4.78 is 0. The molecule has 28 heavy (non-hydrogen) atoms. The summed E-state index contributed by atoms with van der Waals surface area (Å²) in [7, 11) is 0. The fraction of sp³-hybridized carbons (Fsp3) is 0.476. The number of carbonyl (C=O) groups is 2. The van der Waals surface area contributed by atoms with Crippen LogP contribution in [0.15, 0.2) is 30.7 Å². The molecule has 2 N–H and O–H groups in total. The number of carboxylic acid groups (broad SMARTS) is 1. The van der Waals surface area contributed by atoms with Crippen molar-refractivity contribution in [3.8, 4) is 0 Å². The highest BCUT2D eigenvalue weighted by molar-refractivity contribution is 5.80. The number of nitrogens with one attached hydrogen (secondary N) is 1. The number of pyridine rings is 1. The molecule has 0 amide bonds. The maximum Gasteiger partial charge on any atom is 0.304 e. The third-order valence-corrected chi connectivity index (χ3v) is 4.99. The number of fused-ring (bicyclic) bond motifs is 1. The van der Waals surface area contributed by atoms with Gasteiger partial charge in [0.1, 0.15) is 11.6 Å². The van der Waals surface area contributed by atoms with Gasteiger partial charge in [-0.25, -0.2) is 4.98 Å². The van der Waals surface area contributed by atoms with Crippen molar-refractivity contribution in [3.05, 3.63) is 47.7 Å². The second-order valence-corrected chi connectivity index (χ2v) is 7.22. The van der Waals surface area contributed by atoms with E-state index < -0.39 is 11.9 Å². The van der Waals surface area contributed by atoms with Crippen molar-refractivity contribution >= 4 is 17.6 Å². The molecule has 2 aromatic rings. The smallest absolute Gasteiger partial charge is 0.304 e. The second kappa shape index (κ2) is 9.92. The lowest BCUT2D eigenvalue weighted by molar-refractivity contribution is -0.137. The molecule has 1 aliphatic heterocycles. The minimum atomic E-state index is -0.935. The minimum absolute atomic E-state index is 0.0666. The number of rotatable bonds is 10. The first-order chi connectivity index (χ1) is 13.6. The summed E-state index contributed by atoms with van der Waals surface area (Å²) in [5.41, 5.74) is 2.88. The van der Waals surface area contributed by atoms with Gasteiger partial charge in [-0.1, -0.05) is 6.07 Å². The molecule has 0 spiro atoms. The Kier molecular flexibility index (Phi) is 7.06. The van der Waals surface area contributed by atoms with E-state index in [2.05, 4.69) is 32.4 Å². The maximum atomic E-state index is 12.3. The van der Waals surface area contributed by atoms with E-state index in [1.807, 2.05) is 0 Å². The number of carboxylic acids is 1. The van der Waals surface area contributed by atoms with Crippen LogP contribution in [0, 0.1) is 0 Å². The van der Waals surface area contributed by atoms with Crippen LogP contribution in [0.25, 0.3) is 0 Å². The zero-order valence-electron chi connectivity index (χ0n) is 15.9. The highest BCUT2D eigenvalue weighted by Gasteiger charge is 2.20. The van der Waals surface area contributed by atoms with Gasteiger partial charge in [0.25, 0.3) is 0 Å². The molecule has 0 saturated carbocycles. The van der Waals surface area contributed by atoms with Crippen LogP contribution < -0.4 is 5.32 Å². The van der Waals surface area contributed by atoms with Gasteiger partial charge >= 0.3 is 5.97 Å². The number of hydrogen-bond acceptors (Lipinski definition) is 6. The van der Waals surface area contributed by atoms with Crippen molar-refractivity contribution in [1.82, 2.24) is 15.0 Å². The molecule has 7 nitrogen and oxygen atoms in total. The maximum absolute atomic E-state index is 12.3. The summed E-state index contributed by atoms with van der Waals surface area (Å²) in [5, 5.41) is 12.5. The van der Waals surface area contributed by atoms with E-state index in [1.165, 1.54) is 24.2 Å². The standard InChI is InChI=1S/C21H26N4O3/c26-18(12-16(13-20(27)28)19-14-22-10-11-23-19)6-2-1-5-17-8-7-15-4-3-9-24-21(15)25-17/h7-8,10-11,14,16H,1-6,9,12-13H2,(H,24,25)(H,27,28)/t16-/m1/s1. The first-order valence-corrected chi connectivity index (χ1v) is 9.84. The Bertz CT molecular complexity index is 811.